The van der Waals surface area contributed by atoms with Gasteiger partial charge in [-0.15, -0.1) is 0 Å². The van der Waals surface area contributed by atoms with Gasteiger partial charge in [-0.05, 0) is 60.1 Å². The zero-order valence-electron chi connectivity index (χ0n) is 23.1. The number of anilines is 1. The van der Waals surface area contributed by atoms with E-state index in [2.05, 4.69) is 10.6 Å². The summed E-state index contributed by atoms with van der Waals surface area (Å²) in [6.07, 6.45) is 5.03. The lowest BCUT2D eigenvalue weighted by Crippen LogP contribution is -2.47. The number of aryl methyl sites for hydroxylation is 1. The number of rotatable bonds is 8. The SMILES string of the molecule is CCc1cccc(-c2cc(C(=O)N[C@H]3[C@@H](C(=O)Nc4cccc(S(=O)(=O)C(F)(F)F)c4)[C@@H]4C=C[C@H]3C4)c(OC)cc2F)c1. The Morgan fingerprint density at radius 2 is 1.72 bits per heavy atom. The molecule has 0 unspecified atom stereocenters. The summed E-state index contributed by atoms with van der Waals surface area (Å²) in [6.45, 7) is 1.97. The number of carbonyl (C=O) groups excluding carboxylic acids is 2. The Morgan fingerprint density at radius 3 is 2.42 bits per heavy atom. The largest absolute Gasteiger partial charge is 0.501 e. The van der Waals surface area contributed by atoms with E-state index in [0.717, 1.165) is 36.2 Å². The number of fused-ring (bicyclic) bond motifs is 2. The monoisotopic (exact) mass is 616 g/mol. The molecule has 1 fully saturated rings. The number of methoxy groups -OCH3 is 1. The molecule has 0 aromatic heterocycles. The number of sulfone groups is 1. The van der Waals surface area contributed by atoms with E-state index in [0.29, 0.717) is 12.0 Å². The van der Waals surface area contributed by atoms with Gasteiger partial charge in [0.25, 0.3) is 15.7 Å². The first-order valence-corrected chi connectivity index (χ1v) is 15.0. The molecule has 2 bridgehead atoms. The van der Waals surface area contributed by atoms with Crippen molar-refractivity contribution < 1.29 is 40.3 Å². The van der Waals surface area contributed by atoms with Crippen molar-refractivity contribution in [1.82, 2.24) is 5.32 Å². The summed E-state index contributed by atoms with van der Waals surface area (Å²) >= 11 is 0. The Kier molecular flexibility index (Phi) is 8.08. The summed E-state index contributed by atoms with van der Waals surface area (Å²) in [5.74, 6) is -3.01. The second kappa shape index (κ2) is 11.5. The molecule has 2 aliphatic carbocycles. The van der Waals surface area contributed by atoms with E-state index in [9.17, 15) is 31.2 Å². The molecule has 2 N–H and O–H groups in total. The van der Waals surface area contributed by atoms with Gasteiger partial charge in [0, 0.05) is 23.4 Å². The van der Waals surface area contributed by atoms with E-state index in [-0.39, 0.29) is 34.4 Å². The molecule has 3 aromatic rings. The van der Waals surface area contributed by atoms with Gasteiger partial charge >= 0.3 is 5.51 Å². The summed E-state index contributed by atoms with van der Waals surface area (Å²) in [6, 6.07) is 13.1. The Hall–Kier alpha value is -4.19. The predicted molar refractivity (Wildman–Crippen MR) is 152 cm³/mol. The number of hydrogen-bond acceptors (Lipinski definition) is 5. The number of hydrogen-bond donors (Lipinski definition) is 2. The third kappa shape index (κ3) is 5.75. The van der Waals surface area contributed by atoms with Crippen molar-refractivity contribution in [3.63, 3.8) is 0 Å². The fourth-order valence-electron chi connectivity index (χ4n) is 5.79. The average molecular weight is 617 g/mol. The maximum atomic E-state index is 15.1. The van der Waals surface area contributed by atoms with Gasteiger partial charge < -0.3 is 15.4 Å². The number of amides is 2. The third-order valence-electron chi connectivity index (χ3n) is 7.96. The van der Waals surface area contributed by atoms with Crippen molar-refractivity contribution in [2.24, 2.45) is 17.8 Å². The van der Waals surface area contributed by atoms with E-state index < -0.39 is 49.8 Å². The Bertz CT molecular complexity index is 1720. The van der Waals surface area contributed by atoms with Crippen molar-refractivity contribution in [1.29, 1.82) is 0 Å². The number of halogens is 4. The van der Waals surface area contributed by atoms with Crippen molar-refractivity contribution in [3.8, 4) is 16.9 Å². The predicted octanol–water partition coefficient (Wildman–Crippen LogP) is 5.92. The smallest absolute Gasteiger partial charge is 0.496 e. The minimum absolute atomic E-state index is 0.00721. The van der Waals surface area contributed by atoms with Gasteiger partial charge in [0.05, 0.1) is 23.5 Å². The summed E-state index contributed by atoms with van der Waals surface area (Å²) in [5, 5.41) is 5.41. The van der Waals surface area contributed by atoms with Crippen molar-refractivity contribution >= 4 is 27.3 Å². The fraction of sp³-hybridized carbons (Fsp3) is 0.290. The van der Waals surface area contributed by atoms with Crippen LogP contribution in [0.2, 0.25) is 0 Å². The maximum Gasteiger partial charge on any atom is 0.501 e. The lowest BCUT2D eigenvalue weighted by atomic mass is 9.87. The van der Waals surface area contributed by atoms with Crippen LogP contribution in [0.25, 0.3) is 11.1 Å². The van der Waals surface area contributed by atoms with E-state index in [1.165, 1.54) is 19.2 Å². The first-order valence-electron chi connectivity index (χ1n) is 13.5. The molecule has 0 radical (unpaired) electrons. The molecule has 2 amide bonds. The number of alkyl halides is 3. The normalized spacial score (nSPS) is 21.1. The van der Waals surface area contributed by atoms with Gasteiger partial charge in [0.2, 0.25) is 5.91 Å². The average Bonchev–Trinajstić information content (AvgIpc) is 3.58. The number of allylic oxidation sites excluding steroid dienone is 1. The molecular weight excluding hydrogens is 588 g/mol. The van der Waals surface area contributed by atoms with Crippen LogP contribution in [0.1, 0.15) is 29.3 Å². The molecule has 0 saturated heterocycles. The molecule has 12 heteroatoms. The molecule has 2 aliphatic rings. The highest BCUT2D eigenvalue weighted by atomic mass is 32.2. The molecule has 3 aromatic carbocycles. The van der Waals surface area contributed by atoms with Gasteiger partial charge in [-0.2, -0.15) is 13.2 Å². The van der Waals surface area contributed by atoms with E-state index in [1.807, 2.05) is 31.2 Å². The Morgan fingerprint density at radius 1 is 1.00 bits per heavy atom. The lowest BCUT2D eigenvalue weighted by Gasteiger charge is -2.28. The van der Waals surface area contributed by atoms with E-state index in [1.54, 1.807) is 12.1 Å². The fourth-order valence-corrected chi connectivity index (χ4v) is 6.59. The lowest BCUT2D eigenvalue weighted by molar-refractivity contribution is -0.121. The minimum Gasteiger partial charge on any atom is -0.496 e. The highest BCUT2D eigenvalue weighted by Gasteiger charge is 2.49. The van der Waals surface area contributed by atoms with Crippen LogP contribution >= 0.6 is 0 Å². The minimum atomic E-state index is -5.61. The van der Waals surface area contributed by atoms with Crippen LogP contribution in [-0.2, 0) is 21.1 Å². The van der Waals surface area contributed by atoms with Crippen molar-refractivity contribution in [2.45, 2.75) is 36.2 Å². The van der Waals surface area contributed by atoms with Crippen LogP contribution in [-0.4, -0.2) is 38.9 Å². The molecule has 43 heavy (non-hydrogen) atoms. The molecule has 7 nitrogen and oxygen atoms in total. The molecule has 0 heterocycles. The Balaban J connectivity index is 1.40. The quantitative estimate of drug-likeness (QED) is 0.242. The van der Waals surface area contributed by atoms with Crippen LogP contribution in [0.5, 0.6) is 5.75 Å². The number of nitrogens with one attached hydrogen (secondary N) is 2. The van der Waals surface area contributed by atoms with Crippen LogP contribution < -0.4 is 15.4 Å². The van der Waals surface area contributed by atoms with Crippen LogP contribution in [0.15, 0.2) is 77.7 Å². The molecule has 0 aliphatic heterocycles. The highest BCUT2D eigenvalue weighted by Crippen LogP contribution is 2.45. The zero-order valence-corrected chi connectivity index (χ0v) is 23.9. The second-order valence-electron chi connectivity index (χ2n) is 10.5. The number of benzene rings is 3. The maximum absolute atomic E-state index is 15.1. The first-order chi connectivity index (χ1) is 20.3. The Labute approximate surface area is 245 Å². The van der Waals surface area contributed by atoms with Crippen LogP contribution in [0, 0.1) is 23.6 Å². The van der Waals surface area contributed by atoms with E-state index >= 15 is 4.39 Å². The number of ether oxygens (including phenoxy) is 1. The third-order valence-corrected chi connectivity index (χ3v) is 9.44. The van der Waals surface area contributed by atoms with Gasteiger partial charge in [-0.1, -0.05) is 49.4 Å². The number of carbonyl (C=O) groups is 2. The van der Waals surface area contributed by atoms with Gasteiger partial charge in [-0.3, -0.25) is 9.59 Å². The van der Waals surface area contributed by atoms with Crippen molar-refractivity contribution in [2.75, 3.05) is 12.4 Å². The molecule has 5 rings (SSSR count). The highest BCUT2D eigenvalue weighted by molar-refractivity contribution is 7.92. The standard InChI is InChI=1S/C31H28F4N2O5S/c1-3-17-6-4-7-18(12-17)23-15-24(26(42-2)16-25(23)32)29(38)37-28-20-11-10-19(13-20)27(28)30(39)36-21-8-5-9-22(14-21)43(40,41)31(33,34)35/h4-12,14-16,19-20,27-28H,3,13H2,1-2H3,(H,36,39)(H,37,38)/t19-,20+,27+,28-/m1/s1. The molecular formula is C31H28F4N2O5S. The topological polar surface area (TPSA) is 102 Å². The second-order valence-corrected chi connectivity index (χ2v) is 12.5. The summed E-state index contributed by atoms with van der Waals surface area (Å²) in [7, 11) is -4.30. The molecule has 226 valence electrons. The van der Waals surface area contributed by atoms with Crippen molar-refractivity contribution in [3.05, 3.63) is 89.8 Å². The van der Waals surface area contributed by atoms with E-state index in [4.69, 9.17) is 4.74 Å². The summed E-state index contributed by atoms with van der Waals surface area (Å²) in [4.78, 5) is 26.0. The van der Waals surface area contributed by atoms with Crippen LogP contribution in [0.4, 0.5) is 23.2 Å². The van der Waals surface area contributed by atoms with Gasteiger partial charge in [-0.25, -0.2) is 12.8 Å². The summed E-state index contributed by atoms with van der Waals surface area (Å²) in [5.41, 5.74) is -3.79. The molecule has 1 saturated carbocycles. The van der Waals surface area contributed by atoms with Crippen LogP contribution in [0.3, 0.4) is 0 Å². The zero-order chi connectivity index (χ0) is 31.1. The first kappa shape index (κ1) is 30.3. The van der Waals surface area contributed by atoms with Gasteiger partial charge in [0.1, 0.15) is 11.6 Å². The summed E-state index contributed by atoms with van der Waals surface area (Å²) < 4.78 is 83.3. The molecule has 0 spiro atoms. The van der Waals surface area contributed by atoms with Gasteiger partial charge in [0.15, 0.2) is 0 Å². The molecule has 4 atom stereocenters.